The van der Waals surface area contributed by atoms with E-state index in [-0.39, 0.29) is 5.91 Å². The molecule has 0 fully saturated rings. The van der Waals surface area contributed by atoms with Gasteiger partial charge in [0.1, 0.15) is 0 Å². The lowest BCUT2D eigenvalue weighted by Gasteiger charge is -2.06. The van der Waals surface area contributed by atoms with Crippen LogP contribution in [0.25, 0.3) is 0 Å². The van der Waals surface area contributed by atoms with Crippen LogP contribution in [-0.2, 0) is 11.3 Å². The van der Waals surface area contributed by atoms with Gasteiger partial charge in [-0.25, -0.2) is 4.98 Å². The molecule has 0 atom stereocenters. The van der Waals surface area contributed by atoms with E-state index in [4.69, 9.17) is 0 Å². The predicted octanol–water partition coefficient (Wildman–Crippen LogP) is 6.65. The van der Waals surface area contributed by atoms with E-state index in [9.17, 15) is 4.79 Å². The fourth-order valence-electron chi connectivity index (χ4n) is 3.65. The highest BCUT2D eigenvalue weighted by atomic mass is 16.1. The van der Waals surface area contributed by atoms with E-state index in [1.807, 2.05) is 17.1 Å². The molecule has 0 radical (unpaired) electrons. The molecular weight excluding hydrogens is 346 g/mol. The number of nitrogens with one attached hydrogen (secondary N) is 1. The number of aryl methyl sites for hydroxylation is 1. The van der Waals surface area contributed by atoms with Crippen LogP contribution >= 0.6 is 0 Å². The van der Waals surface area contributed by atoms with Gasteiger partial charge in [-0.05, 0) is 12.8 Å². The maximum Gasteiger partial charge on any atom is 0.219 e. The van der Waals surface area contributed by atoms with Crippen molar-refractivity contribution in [2.45, 2.75) is 123 Å². The first-order valence-corrected chi connectivity index (χ1v) is 12.1. The molecule has 28 heavy (non-hydrogen) atoms. The number of carbonyl (C=O) groups is 1. The van der Waals surface area contributed by atoms with Crippen molar-refractivity contribution < 1.29 is 4.79 Å². The smallest absolute Gasteiger partial charge is 0.219 e. The van der Waals surface area contributed by atoms with Crippen LogP contribution in [-0.4, -0.2) is 22.0 Å². The van der Waals surface area contributed by atoms with Crippen molar-refractivity contribution in [2.75, 3.05) is 6.54 Å². The van der Waals surface area contributed by atoms with E-state index >= 15 is 0 Å². The van der Waals surface area contributed by atoms with Gasteiger partial charge < -0.3 is 9.88 Å². The van der Waals surface area contributed by atoms with Crippen LogP contribution in [0.2, 0.25) is 0 Å². The zero-order valence-electron chi connectivity index (χ0n) is 18.5. The number of nitrogens with zero attached hydrogens (tertiary/aromatic N) is 2. The molecule has 1 aromatic heterocycles. The quantitative estimate of drug-likeness (QED) is 0.253. The van der Waals surface area contributed by atoms with Crippen LogP contribution in [0.15, 0.2) is 18.7 Å². The third kappa shape index (κ3) is 15.7. The summed E-state index contributed by atoms with van der Waals surface area (Å²) in [5.74, 6) is 0.209. The average Bonchev–Trinajstić information content (AvgIpc) is 3.22. The molecule has 0 saturated carbocycles. The van der Waals surface area contributed by atoms with Crippen LogP contribution in [0.4, 0.5) is 0 Å². The summed E-state index contributed by atoms with van der Waals surface area (Å²) in [7, 11) is 0. The van der Waals surface area contributed by atoms with Gasteiger partial charge in [0.25, 0.3) is 0 Å². The summed E-state index contributed by atoms with van der Waals surface area (Å²) >= 11 is 0. The maximum absolute atomic E-state index is 11.8. The third-order valence-corrected chi connectivity index (χ3v) is 5.48. The number of rotatable bonds is 20. The van der Waals surface area contributed by atoms with E-state index in [2.05, 4.69) is 17.2 Å². The van der Waals surface area contributed by atoms with E-state index in [1.54, 1.807) is 6.20 Å². The average molecular weight is 392 g/mol. The highest BCUT2D eigenvalue weighted by Gasteiger charge is 2.01. The van der Waals surface area contributed by atoms with Crippen LogP contribution in [0.1, 0.15) is 116 Å². The number of hydrogen-bond donors (Lipinski definition) is 1. The van der Waals surface area contributed by atoms with Gasteiger partial charge in [0, 0.05) is 31.9 Å². The second kappa shape index (κ2) is 19.0. The van der Waals surface area contributed by atoms with Crippen LogP contribution in [0, 0.1) is 0 Å². The summed E-state index contributed by atoms with van der Waals surface area (Å²) in [6.07, 6.45) is 27.6. The Morgan fingerprint density at radius 3 is 1.82 bits per heavy atom. The molecule has 4 nitrogen and oxygen atoms in total. The number of aromatic nitrogens is 2. The molecule has 1 N–H and O–H groups in total. The van der Waals surface area contributed by atoms with Crippen molar-refractivity contribution in [3.63, 3.8) is 0 Å². The normalized spacial score (nSPS) is 11.0. The van der Waals surface area contributed by atoms with Crippen LogP contribution in [0.5, 0.6) is 0 Å². The summed E-state index contributed by atoms with van der Waals surface area (Å²) in [5, 5.41) is 3.02. The summed E-state index contributed by atoms with van der Waals surface area (Å²) in [5.41, 5.74) is 0. The lowest BCUT2D eigenvalue weighted by atomic mass is 10.0. The lowest BCUT2D eigenvalue weighted by molar-refractivity contribution is -0.121. The first-order valence-electron chi connectivity index (χ1n) is 12.1. The van der Waals surface area contributed by atoms with Crippen LogP contribution in [0.3, 0.4) is 0 Å². The fraction of sp³-hybridized carbons (Fsp3) is 0.833. The van der Waals surface area contributed by atoms with Crippen molar-refractivity contribution >= 4 is 5.91 Å². The standard InChI is InChI=1S/C24H45N3O/c1-2-3-4-5-6-7-8-9-10-11-12-13-14-15-16-18-24(28)26-19-17-21-27-22-20-25-23-27/h20,22-23H,2-19,21H2,1H3,(H,26,28). The number of hydrogen-bond acceptors (Lipinski definition) is 2. The number of unbranched alkanes of at least 4 members (excludes halogenated alkanes) is 14. The molecule has 4 heteroatoms. The Hall–Kier alpha value is -1.32. The molecule has 0 bridgehead atoms. The van der Waals surface area contributed by atoms with Crippen molar-refractivity contribution in [3.8, 4) is 0 Å². The SMILES string of the molecule is CCCCCCCCCCCCCCCCCC(=O)NCCCn1ccnc1. The highest BCUT2D eigenvalue weighted by Crippen LogP contribution is 2.13. The van der Waals surface area contributed by atoms with Gasteiger partial charge in [0.15, 0.2) is 0 Å². The molecule has 1 aromatic rings. The number of amides is 1. The summed E-state index contributed by atoms with van der Waals surface area (Å²) < 4.78 is 2.04. The summed E-state index contributed by atoms with van der Waals surface area (Å²) in [4.78, 5) is 15.8. The zero-order chi connectivity index (χ0) is 20.1. The fourth-order valence-corrected chi connectivity index (χ4v) is 3.65. The Bertz CT molecular complexity index is 445. The largest absolute Gasteiger partial charge is 0.356 e. The van der Waals surface area contributed by atoms with Crippen molar-refractivity contribution in [2.24, 2.45) is 0 Å². The number of imidazole rings is 1. The topological polar surface area (TPSA) is 46.9 Å². The van der Waals surface area contributed by atoms with Crippen molar-refractivity contribution in [1.82, 2.24) is 14.9 Å². The van der Waals surface area contributed by atoms with Gasteiger partial charge in [-0.15, -0.1) is 0 Å². The van der Waals surface area contributed by atoms with Gasteiger partial charge in [-0.1, -0.05) is 96.8 Å². The molecule has 1 amide bonds. The second-order valence-corrected chi connectivity index (χ2v) is 8.20. The van der Waals surface area contributed by atoms with Gasteiger partial charge in [0.2, 0.25) is 5.91 Å². The molecule has 162 valence electrons. The Kier molecular flexibility index (Phi) is 16.8. The first kappa shape index (κ1) is 24.7. The van der Waals surface area contributed by atoms with Gasteiger partial charge in [-0.2, -0.15) is 0 Å². The lowest BCUT2D eigenvalue weighted by Crippen LogP contribution is -2.24. The molecule has 1 heterocycles. The maximum atomic E-state index is 11.8. The van der Waals surface area contributed by atoms with Gasteiger partial charge in [-0.3, -0.25) is 4.79 Å². The molecule has 0 aromatic carbocycles. The summed E-state index contributed by atoms with van der Waals surface area (Å²) in [6.45, 7) is 3.96. The molecular formula is C24H45N3O. The minimum atomic E-state index is 0.209. The van der Waals surface area contributed by atoms with E-state index in [1.165, 1.54) is 89.9 Å². The molecule has 0 aliphatic carbocycles. The Morgan fingerprint density at radius 2 is 1.32 bits per heavy atom. The summed E-state index contributed by atoms with van der Waals surface area (Å²) in [6, 6.07) is 0. The minimum absolute atomic E-state index is 0.209. The highest BCUT2D eigenvalue weighted by molar-refractivity contribution is 5.75. The van der Waals surface area contributed by atoms with Crippen molar-refractivity contribution in [1.29, 1.82) is 0 Å². The zero-order valence-corrected chi connectivity index (χ0v) is 18.5. The molecule has 0 unspecified atom stereocenters. The molecule has 0 saturated heterocycles. The van der Waals surface area contributed by atoms with Crippen molar-refractivity contribution in [3.05, 3.63) is 18.7 Å². The van der Waals surface area contributed by atoms with Gasteiger partial charge >= 0.3 is 0 Å². The predicted molar refractivity (Wildman–Crippen MR) is 119 cm³/mol. The Labute approximate surface area is 173 Å². The number of carbonyl (C=O) groups excluding carboxylic acids is 1. The Morgan fingerprint density at radius 1 is 0.786 bits per heavy atom. The van der Waals surface area contributed by atoms with E-state index in [0.717, 1.165) is 25.9 Å². The van der Waals surface area contributed by atoms with Gasteiger partial charge in [0.05, 0.1) is 6.33 Å². The Balaban J connectivity index is 1.72. The molecule has 0 aliphatic heterocycles. The first-order chi connectivity index (χ1) is 13.8. The molecule has 1 rings (SSSR count). The second-order valence-electron chi connectivity index (χ2n) is 8.20. The monoisotopic (exact) mass is 391 g/mol. The third-order valence-electron chi connectivity index (χ3n) is 5.48. The van der Waals surface area contributed by atoms with Crippen LogP contribution < -0.4 is 5.32 Å². The molecule has 0 aliphatic rings. The molecule has 0 spiro atoms. The van der Waals surface area contributed by atoms with E-state index in [0.29, 0.717) is 6.42 Å². The minimum Gasteiger partial charge on any atom is -0.356 e. The van der Waals surface area contributed by atoms with E-state index < -0.39 is 0 Å².